The second kappa shape index (κ2) is 6.97. The molecule has 0 saturated carbocycles. The lowest BCUT2D eigenvalue weighted by Gasteiger charge is -2.43. The van der Waals surface area contributed by atoms with Crippen LogP contribution in [-0.4, -0.2) is 92.5 Å². The summed E-state index contributed by atoms with van der Waals surface area (Å²) in [6.07, 6.45) is 2.56. The molecule has 3 N–H and O–H groups in total. The molecule has 146 valence electrons. The summed E-state index contributed by atoms with van der Waals surface area (Å²) in [5.41, 5.74) is 0.795. The Morgan fingerprint density at radius 3 is 2.70 bits per heavy atom. The number of H-pyrrole nitrogens is 1. The molecule has 2 amide bonds. The van der Waals surface area contributed by atoms with Crippen LogP contribution in [0.25, 0.3) is 11.0 Å². The van der Waals surface area contributed by atoms with Crippen molar-refractivity contribution in [1.82, 2.24) is 24.8 Å². The Morgan fingerprint density at radius 2 is 1.96 bits per heavy atom. The number of aliphatic hydroxyl groups is 2. The second-order valence-electron chi connectivity index (χ2n) is 7.65. The number of aromatic nitrogens is 3. The number of carbonyl (C=O) groups excluding carboxylic acids is 1. The van der Waals surface area contributed by atoms with Gasteiger partial charge in [0.15, 0.2) is 0 Å². The van der Waals surface area contributed by atoms with Crippen molar-refractivity contribution >= 4 is 22.9 Å². The number of piperidine rings is 1. The fourth-order valence-corrected chi connectivity index (χ4v) is 4.15. The molecule has 0 radical (unpaired) electrons. The van der Waals surface area contributed by atoms with Gasteiger partial charge >= 0.3 is 6.03 Å². The molecule has 2 aliphatic heterocycles. The van der Waals surface area contributed by atoms with E-state index in [1.165, 1.54) is 4.90 Å². The van der Waals surface area contributed by atoms with E-state index in [4.69, 9.17) is 0 Å². The number of nitrogens with zero attached hydrogens (tertiary/aromatic N) is 5. The molecule has 0 bridgehead atoms. The maximum Gasteiger partial charge on any atom is 0.320 e. The highest BCUT2D eigenvalue weighted by atomic mass is 16.3. The van der Waals surface area contributed by atoms with Crippen LogP contribution in [0.2, 0.25) is 0 Å². The summed E-state index contributed by atoms with van der Waals surface area (Å²) in [6.45, 7) is 3.82. The monoisotopic (exact) mass is 374 g/mol. The van der Waals surface area contributed by atoms with Crippen LogP contribution < -0.4 is 4.90 Å². The molecule has 2 aliphatic rings. The summed E-state index contributed by atoms with van der Waals surface area (Å²) in [6, 6.07) is 1.96. The molecule has 0 spiro atoms. The average molecular weight is 374 g/mol. The second-order valence-corrected chi connectivity index (χ2v) is 7.65. The summed E-state index contributed by atoms with van der Waals surface area (Å²) in [5, 5.41) is 20.4. The number of amides is 2. The Kier molecular flexibility index (Phi) is 4.65. The number of hydrogen-bond donors (Lipinski definition) is 3. The number of fused-ring (bicyclic) bond motifs is 1. The van der Waals surface area contributed by atoms with Gasteiger partial charge in [-0.3, -0.25) is 0 Å². The minimum atomic E-state index is -0.862. The highest BCUT2D eigenvalue weighted by Gasteiger charge is 2.38. The predicted octanol–water partition coefficient (Wildman–Crippen LogP) is 0.262. The number of carbonyl (C=O) groups is 1. The number of aromatic amines is 1. The molecule has 0 aliphatic carbocycles. The van der Waals surface area contributed by atoms with Crippen LogP contribution >= 0.6 is 0 Å². The van der Waals surface area contributed by atoms with E-state index in [0.717, 1.165) is 23.3 Å². The van der Waals surface area contributed by atoms with Crippen LogP contribution in [0.1, 0.15) is 13.3 Å². The average Bonchev–Trinajstić information content (AvgIpc) is 3.27. The molecular formula is C18H26N6O3. The lowest BCUT2D eigenvalue weighted by atomic mass is 9.92. The molecule has 9 heteroatoms. The number of hydrogen-bond acceptors (Lipinski definition) is 6. The van der Waals surface area contributed by atoms with Gasteiger partial charge in [-0.25, -0.2) is 14.8 Å². The molecule has 4 heterocycles. The van der Waals surface area contributed by atoms with Gasteiger partial charge in [0.25, 0.3) is 0 Å². The van der Waals surface area contributed by atoms with E-state index in [9.17, 15) is 15.0 Å². The number of likely N-dealkylation sites (N-methyl/N-ethyl adjacent to an activating group) is 1. The number of likely N-dealkylation sites (tertiary alicyclic amines) is 2. The smallest absolute Gasteiger partial charge is 0.320 e. The normalized spacial score (nSPS) is 28.7. The molecule has 4 unspecified atom stereocenters. The fraction of sp³-hybridized carbons (Fsp3) is 0.611. The first-order valence-corrected chi connectivity index (χ1v) is 9.36. The van der Waals surface area contributed by atoms with Crippen LogP contribution in [-0.2, 0) is 0 Å². The Bertz CT molecular complexity index is 816. The molecular weight excluding hydrogens is 348 g/mol. The standard InChI is InChI=1S/C18H26N6O3/c1-11-4-6-23(18(27)24-8-14(25)15(26)9-24)7-13(11)22(2)17-12-3-5-19-16(12)20-10-21-17/h3,5,10-11,13-15,25-26H,4,6-9H2,1-2H3,(H,19,20,21). The lowest BCUT2D eigenvalue weighted by molar-refractivity contribution is 0.0572. The van der Waals surface area contributed by atoms with E-state index < -0.39 is 12.2 Å². The minimum Gasteiger partial charge on any atom is -0.388 e. The van der Waals surface area contributed by atoms with Crippen molar-refractivity contribution in [3.63, 3.8) is 0 Å². The van der Waals surface area contributed by atoms with Crippen LogP contribution in [0.4, 0.5) is 10.6 Å². The summed E-state index contributed by atoms with van der Waals surface area (Å²) < 4.78 is 0. The van der Waals surface area contributed by atoms with Crippen molar-refractivity contribution < 1.29 is 15.0 Å². The number of nitrogens with one attached hydrogen (secondary N) is 1. The van der Waals surface area contributed by atoms with Crippen LogP contribution in [0, 0.1) is 5.92 Å². The van der Waals surface area contributed by atoms with Crippen molar-refractivity contribution in [2.24, 2.45) is 5.92 Å². The highest BCUT2D eigenvalue weighted by molar-refractivity contribution is 5.87. The zero-order valence-corrected chi connectivity index (χ0v) is 15.6. The predicted molar refractivity (Wildman–Crippen MR) is 100 cm³/mol. The highest BCUT2D eigenvalue weighted by Crippen LogP contribution is 2.29. The lowest BCUT2D eigenvalue weighted by Crippen LogP contribution is -2.55. The zero-order valence-electron chi connectivity index (χ0n) is 15.6. The van der Waals surface area contributed by atoms with Crippen molar-refractivity contribution in [3.8, 4) is 0 Å². The van der Waals surface area contributed by atoms with Crippen LogP contribution in [0.5, 0.6) is 0 Å². The van der Waals surface area contributed by atoms with Gasteiger partial charge in [-0.2, -0.15) is 0 Å². The quantitative estimate of drug-likeness (QED) is 0.696. The molecule has 4 rings (SSSR count). The number of aliphatic hydroxyl groups excluding tert-OH is 2. The van der Waals surface area contributed by atoms with Gasteiger partial charge in [-0.05, 0) is 18.4 Å². The Labute approximate surface area is 157 Å². The van der Waals surface area contributed by atoms with Gasteiger partial charge < -0.3 is 29.9 Å². The first-order chi connectivity index (χ1) is 13.0. The number of urea groups is 1. The first kappa shape index (κ1) is 18.0. The third kappa shape index (κ3) is 3.21. The molecule has 2 fully saturated rings. The van der Waals surface area contributed by atoms with Crippen molar-refractivity contribution in [2.75, 3.05) is 38.1 Å². The van der Waals surface area contributed by atoms with E-state index in [0.29, 0.717) is 19.0 Å². The molecule has 4 atom stereocenters. The van der Waals surface area contributed by atoms with E-state index in [1.807, 2.05) is 24.2 Å². The van der Waals surface area contributed by atoms with Crippen LogP contribution in [0.3, 0.4) is 0 Å². The SMILES string of the molecule is CC1CCN(C(=O)N2CC(O)C(O)C2)CC1N(C)c1ncnc2[nH]ccc12. The maximum absolute atomic E-state index is 12.9. The molecule has 2 aromatic heterocycles. The third-order valence-corrected chi connectivity index (χ3v) is 5.88. The topological polar surface area (TPSA) is 109 Å². The van der Waals surface area contributed by atoms with Crippen LogP contribution in [0.15, 0.2) is 18.6 Å². The maximum atomic E-state index is 12.9. The fourth-order valence-electron chi connectivity index (χ4n) is 4.15. The summed E-state index contributed by atoms with van der Waals surface area (Å²) in [7, 11) is 2.01. The van der Waals surface area contributed by atoms with Gasteiger partial charge in [0.2, 0.25) is 0 Å². The summed E-state index contributed by atoms with van der Waals surface area (Å²) in [5.74, 6) is 1.25. The van der Waals surface area contributed by atoms with E-state index in [-0.39, 0.29) is 25.2 Å². The summed E-state index contributed by atoms with van der Waals surface area (Å²) >= 11 is 0. The number of rotatable bonds is 2. The summed E-state index contributed by atoms with van der Waals surface area (Å²) in [4.78, 5) is 30.2. The Balaban J connectivity index is 1.52. The molecule has 9 nitrogen and oxygen atoms in total. The van der Waals surface area contributed by atoms with Crippen molar-refractivity contribution in [3.05, 3.63) is 18.6 Å². The van der Waals surface area contributed by atoms with E-state index >= 15 is 0 Å². The van der Waals surface area contributed by atoms with Gasteiger partial charge in [0.1, 0.15) is 17.8 Å². The van der Waals surface area contributed by atoms with E-state index in [1.54, 1.807) is 6.33 Å². The van der Waals surface area contributed by atoms with Gasteiger partial charge in [0.05, 0.1) is 36.7 Å². The molecule has 2 saturated heterocycles. The first-order valence-electron chi connectivity index (χ1n) is 9.36. The molecule has 27 heavy (non-hydrogen) atoms. The zero-order chi connectivity index (χ0) is 19.1. The van der Waals surface area contributed by atoms with Crippen molar-refractivity contribution in [1.29, 1.82) is 0 Å². The third-order valence-electron chi connectivity index (χ3n) is 5.88. The molecule has 0 aromatic carbocycles. The minimum absolute atomic E-state index is 0.119. The van der Waals surface area contributed by atoms with Crippen molar-refractivity contribution in [2.45, 2.75) is 31.6 Å². The van der Waals surface area contributed by atoms with E-state index in [2.05, 4.69) is 26.8 Å². The van der Waals surface area contributed by atoms with Gasteiger partial charge in [-0.1, -0.05) is 6.92 Å². The van der Waals surface area contributed by atoms with Gasteiger partial charge in [-0.15, -0.1) is 0 Å². The number of anilines is 1. The van der Waals surface area contributed by atoms with Gasteiger partial charge in [0, 0.05) is 26.3 Å². The number of β-amino-alcohol motifs (C(OH)–C–C–N with tert-alkyl or cyclic N) is 2. The molecule has 2 aromatic rings. The Hall–Kier alpha value is -2.39. The Morgan fingerprint density at radius 1 is 1.22 bits per heavy atom. The largest absolute Gasteiger partial charge is 0.388 e.